The maximum Gasteiger partial charge on any atom is 0.257 e. The van der Waals surface area contributed by atoms with E-state index in [0.717, 1.165) is 6.42 Å². The Kier molecular flexibility index (Phi) is 4.78. The topological polar surface area (TPSA) is 38.3 Å². The van der Waals surface area contributed by atoms with Crippen LogP contribution >= 0.6 is 11.3 Å². The van der Waals surface area contributed by atoms with Crippen molar-refractivity contribution in [3.05, 3.63) is 52.7 Å². The minimum atomic E-state index is -0.0876. The molecule has 2 aromatic rings. The van der Waals surface area contributed by atoms with Crippen LogP contribution in [0.3, 0.4) is 0 Å². The van der Waals surface area contributed by atoms with Crippen LogP contribution < -0.4 is 10.1 Å². The molecule has 0 aliphatic carbocycles. The lowest BCUT2D eigenvalue weighted by molar-refractivity contribution is -0.123. The molecule has 18 heavy (non-hydrogen) atoms. The predicted octanol–water partition coefficient (Wildman–Crippen LogP) is 2.49. The molecule has 1 heterocycles. The van der Waals surface area contributed by atoms with E-state index in [1.165, 1.54) is 4.88 Å². The lowest BCUT2D eigenvalue weighted by Gasteiger charge is -2.06. The van der Waals surface area contributed by atoms with Gasteiger partial charge in [0.2, 0.25) is 0 Å². The molecule has 94 valence electrons. The zero-order chi connectivity index (χ0) is 12.6. The first-order valence-electron chi connectivity index (χ1n) is 5.81. The van der Waals surface area contributed by atoms with Gasteiger partial charge in [-0.05, 0) is 30.0 Å². The van der Waals surface area contributed by atoms with Crippen molar-refractivity contribution in [1.82, 2.24) is 5.32 Å². The molecule has 1 aromatic heterocycles. The molecular weight excluding hydrogens is 246 g/mol. The van der Waals surface area contributed by atoms with E-state index in [1.54, 1.807) is 11.3 Å². The van der Waals surface area contributed by atoms with E-state index in [1.807, 2.05) is 41.8 Å². The standard InChI is InChI=1S/C14H15NO2S/c16-14(11-17-12-5-2-1-3-6-12)15-9-8-13-7-4-10-18-13/h1-7,10H,8-9,11H2,(H,15,16). The number of para-hydroxylation sites is 1. The number of nitrogens with one attached hydrogen (secondary N) is 1. The second kappa shape index (κ2) is 6.81. The number of rotatable bonds is 6. The minimum absolute atomic E-state index is 0.0639. The van der Waals surface area contributed by atoms with Crippen molar-refractivity contribution >= 4 is 17.2 Å². The summed E-state index contributed by atoms with van der Waals surface area (Å²) in [5.74, 6) is 0.626. The number of carbonyl (C=O) groups excluding carboxylic acids is 1. The summed E-state index contributed by atoms with van der Waals surface area (Å²) in [5, 5.41) is 4.87. The molecule has 0 fully saturated rings. The number of benzene rings is 1. The van der Waals surface area contributed by atoms with Gasteiger partial charge in [-0.1, -0.05) is 24.3 Å². The minimum Gasteiger partial charge on any atom is -0.484 e. The number of hydrogen-bond donors (Lipinski definition) is 1. The molecule has 4 heteroatoms. The summed E-state index contributed by atoms with van der Waals surface area (Å²) in [6.07, 6.45) is 0.870. The maximum absolute atomic E-state index is 11.5. The van der Waals surface area contributed by atoms with Crippen LogP contribution in [0.1, 0.15) is 4.88 Å². The lowest BCUT2D eigenvalue weighted by atomic mass is 10.3. The van der Waals surface area contributed by atoms with Crippen LogP contribution in [0, 0.1) is 0 Å². The largest absolute Gasteiger partial charge is 0.484 e. The molecule has 3 nitrogen and oxygen atoms in total. The molecule has 0 saturated heterocycles. The van der Waals surface area contributed by atoms with Crippen molar-refractivity contribution in [1.29, 1.82) is 0 Å². The van der Waals surface area contributed by atoms with Gasteiger partial charge in [-0.15, -0.1) is 11.3 Å². The van der Waals surface area contributed by atoms with Crippen LogP contribution in [-0.4, -0.2) is 19.1 Å². The van der Waals surface area contributed by atoms with Gasteiger partial charge in [0.15, 0.2) is 6.61 Å². The highest BCUT2D eigenvalue weighted by atomic mass is 32.1. The van der Waals surface area contributed by atoms with Crippen molar-refractivity contribution in [2.75, 3.05) is 13.2 Å². The van der Waals surface area contributed by atoms with Crippen molar-refractivity contribution in [3.8, 4) is 5.75 Å². The van der Waals surface area contributed by atoms with Gasteiger partial charge in [0.1, 0.15) is 5.75 Å². The fraction of sp³-hybridized carbons (Fsp3) is 0.214. The third-order valence-corrected chi connectivity index (χ3v) is 3.32. The molecule has 1 amide bonds. The molecule has 0 radical (unpaired) electrons. The number of hydrogen-bond acceptors (Lipinski definition) is 3. The average Bonchev–Trinajstić information content (AvgIpc) is 2.91. The highest BCUT2D eigenvalue weighted by molar-refractivity contribution is 7.09. The Morgan fingerprint density at radius 1 is 1.17 bits per heavy atom. The fourth-order valence-corrected chi connectivity index (χ4v) is 2.21. The van der Waals surface area contributed by atoms with Crippen LogP contribution in [0.25, 0.3) is 0 Å². The third kappa shape index (κ3) is 4.22. The summed E-state index contributed by atoms with van der Waals surface area (Å²) in [4.78, 5) is 12.8. The lowest BCUT2D eigenvalue weighted by Crippen LogP contribution is -2.30. The van der Waals surface area contributed by atoms with Crippen molar-refractivity contribution < 1.29 is 9.53 Å². The van der Waals surface area contributed by atoms with E-state index in [-0.39, 0.29) is 12.5 Å². The number of thiophene rings is 1. The van der Waals surface area contributed by atoms with E-state index in [4.69, 9.17) is 4.74 Å². The zero-order valence-electron chi connectivity index (χ0n) is 9.96. The van der Waals surface area contributed by atoms with Gasteiger partial charge >= 0.3 is 0 Å². The first kappa shape index (κ1) is 12.6. The fourth-order valence-electron chi connectivity index (χ4n) is 1.50. The molecule has 1 N–H and O–H groups in total. The predicted molar refractivity (Wildman–Crippen MR) is 73.0 cm³/mol. The van der Waals surface area contributed by atoms with Crippen molar-refractivity contribution in [2.45, 2.75) is 6.42 Å². The van der Waals surface area contributed by atoms with Gasteiger partial charge in [-0.3, -0.25) is 4.79 Å². The normalized spacial score (nSPS) is 10.0. The Balaban J connectivity index is 1.63. The summed E-state index contributed by atoms with van der Waals surface area (Å²) in [7, 11) is 0. The second-order valence-corrected chi connectivity index (χ2v) is 4.81. The molecule has 1 aromatic carbocycles. The van der Waals surface area contributed by atoms with Crippen molar-refractivity contribution in [2.24, 2.45) is 0 Å². The monoisotopic (exact) mass is 261 g/mol. The Morgan fingerprint density at radius 2 is 2.00 bits per heavy atom. The van der Waals surface area contributed by atoms with Gasteiger partial charge in [0.25, 0.3) is 5.91 Å². The molecule has 0 saturated carbocycles. The summed E-state index contributed by atoms with van der Waals surface area (Å²) < 4.78 is 5.35. The van der Waals surface area contributed by atoms with Gasteiger partial charge in [0.05, 0.1) is 0 Å². The Hall–Kier alpha value is -1.81. The van der Waals surface area contributed by atoms with Gasteiger partial charge < -0.3 is 10.1 Å². The van der Waals surface area contributed by atoms with E-state index < -0.39 is 0 Å². The SMILES string of the molecule is O=C(COc1ccccc1)NCCc1cccs1. The quantitative estimate of drug-likeness (QED) is 0.867. The molecular formula is C14H15NO2S. The van der Waals surface area contributed by atoms with E-state index >= 15 is 0 Å². The number of carbonyl (C=O) groups is 1. The zero-order valence-corrected chi connectivity index (χ0v) is 10.8. The van der Waals surface area contributed by atoms with Gasteiger partial charge in [0, 0.05) is 11.4 Å². The molecule has 0 bridgehead atoms. The first-order valence-corrected chi connectivity index (χ1v) is 6.69. The first-order chi connectivity index (χ1) is 8.84. The summed E-state index contributed by atoms with van der Waals surface area (Å²) in [6, 6.07) is 13.4. The molecule has 0 unspecified atom stereocenters. The van der Waals surface area contributed by atoms with E-state index in [2.05, 4.69) is 11.4 Å². The Labute approximate surface area is 110 Å². The Bertz CT molecular complexity index is 468. The van der Waals surface area contributed by atoms with Crippen LogP contribution in [0.15, 0.2) is 47.8 Å². The van der Waals surface area contributed by atoms with E-state index in [0.29, 0.717) is 12.3 Å². The summed E-state index contributed by atoms with van der Waals surface area (Å²) in [6.45, 7) is 0.714. The van der Waals surface area contributed by atoms with Crippen LogP contribution in [0.2, 0.25) is 0 Å². The molecule has 2 rings (SSSR count). The third-order valence-electron chi connectivity index (χ3n) is 2.39. The highest BCUT2D eigenvalue weighted by Gasteiger charge is 2.02. The van der Waals surface area contributed by atoms with Crippen LogP contribution in [0.5, 0.6) is 5.75 Å². The van der Waals surface area contributed by atoms with Crippen molar-refractivity contribution in [3.63, 3.8) is 0 Å². The second-order valence-electron chi connectivity index (χ2n) is 3.78. The molecule has 0 aliphatic rings. The highest BCUT2D eigenvalue weighted by Crippen LogP contribution is 2.08. The maximum atomic E-state index is 11.5. The van der Waals surface area contributed by atoms with Crippen LogP contribution in [-0.2, 0) is 11.2 Å². The Morgan fingerprint density at radius 3 is 2.72 bits per heavy atom. The molecule has 0 atom stereocenters. The summed E-state index contributed by atoms with van der Waals surface area (Å²) in [5.41, 5.74) is 0. The van der Waals surface area contributed by atoms with E-state index in [9.17, 15) is 4.79 Å². The number of ether oxygens (including phenoxy) is 1. The average molecular weight is 261 g/mol. The van der Waals surface area contributed by atoms with Crippen LogP contribution in [0.4, 0.5) is 0 Å². The smallest absolute Gasteiger partial charge is 0.257 e. The van der Waals surface area contributed by atoms with Gasteiger partial charge in [-0.2, -0.15) is 0 Å². The van der Waals surface area contributed by atoms with Gasteiger partial charge in [-0.25, -0.2) is 0 Å². The number of amides is 1. The summed E-state index contributed by atoms with van der Waals surface area (Å²) >= 11 is 1.70. The molecule has 0 aliphatic heterocycles. The molecule has 0 spiro atoms.